The summed E-state index contributed by atoms with van der Waals surface area (Å²) in [6.07, 6.45) is 8.24. The van der Waals surface area contributed by atoms with Gasteiger partial charge in [0.1, 0.15) is 0 Å². The molecule has 4 bridgehead atoms. The summed E-state index contributed by atoms with van der Waals surface area (Å²) in [5.74, 6) is 3.21. The Balaban J connectivity index is 1.20. The minimum atomic E-state index is 0.0881. The predicted molar refractivity (Wildman–Crippen MR) is 109 cm³/mol. The topological polar surface area (TPSA) is 70.7 Å². The highest BCUT2D eigenvalue weighted by molar-refractivity contribution is 9.10. The lowest BCUT2D eigenvalue weighted by molar-refractivity contribution is -0.127. The van der Waals surface area contributed by atoms with E-state index >= 15 is 0 Å². The third-order valence-corrected chi connectivity index (χ3v) is 7.51. The van der Waals surface area contributed by atoms with Crippen molar-refractivity contribution in [1.29, 1.82) is 0 Å². The molecule has 4 aliphatic carbocycles. The minimum absolute atomic E-state index is 0.0881. The fraction of sp³-hybridized carbons (Fsp3) is 0.619. The van der Waals surface area contributed by atoms with Gasteiger partial charge in [-0.3, -0.25) is 4.79 Å². The molecule has 1 amide bonds. The molecule has 1 aromatic carbocycles. The Morgan fingerprint density at radius 1 is 1.22 bits per heavy atom. The zero-order valence-electron chi connectivity index (χ0n) is 15.6. The number of benzene rings is 1. The standard InChI is InChI=1S/C21H27BrN4O/c22-17-1-2-18-16(8-17)12-26(20(23)24-18)4-3-19(27)25-21-9-13-5-14(10-21)7-15(6-13)11-21/h1-2,8,13-15H,3-7,9-12H2,(H2,23,24)(H,25,27). The van der Waals surface area contributed by atoms with Crippen LogP contribution in [0.25, 0.3) is 0 Å². The van der Waals surface area contributed by atoms with Crippen LogP contribution in [0.5, 0.6) is 0 Å². The van der Waals surface area contributed by atoms with E-state index in [0.717, 1.165) is 33.5 Å². The Labute approximate surface area is 168 Å². The third kappa shape index (κ3) is 3.37. The van der Waals surface area contributed by atoms with Gasteiger partial charge in [-0.25, -0.2) is 4.99 Å². The molecule has 3 N–H and O–H groups in total. The van der Waals surface area contributed by atoms with Crippen LogP contribution >= 0.6 is 15.9 Å². The molecular weight excluding hydrogens is 404 g/mol. The zero-order chi connectivity index (χ0) is 18.6. The fourth-order valence-electron chi connectivity index (χ4n) is 6.32. The minimum Gasteiger partial charge on any atom is -0.369 e. The average molecular weight is 431 g/mol. The summed E-state index contributed by atoms with van der Waals surface area (Å²) in [6, 6.07) is 6.03. The molecule has 6 rings (SSSR count). The Morgan fingerprint density at radius 3 is 2.56 bits per heavy atom. The summed E-state index contributed by atoms with van der Waals surface area (Å²) in [6.45, 7) is 1.31. The van der Waals surface area contributed by atoms with E-state index in [2.05, 4.69) is 32.3 Å². The van der Waals surface area contributed by atoms with E-state index in [1.54, 1.807) is 0 Å². The van der Waals surface area contributed by atoms with Crippen LogP contribution in [0.3, 0.4) is 0 Å². The molecule has 144 valence electrons. The Bertz CT molecular complexity index is 770. The summed E-state index contributed by atoms with van der Waals surface area (Å²) < 4.78 is 1.04. The van der Waals surface area contributed by atoms with Crippen LogP contribution in [-0.2, 0) is 11.3 Å². The molecule has 0 atom stereocenters. The first kappa shape index (κ1) is 17.5. The number of nitrogens with two attached hydrogens (primary N) is 1. The number of carbonyl (C=O) groups is 1. The molecule has 1 heterocycles. The lowest BCUT2D eigenvalue weighted by Crippen LogP contribution is -2.60. The van der Waals surface area contributed by atoms with E-state index in [4.69, 9.17) is 5.73 Å². The maximum Gasteiger partial charge on any atom is 0.222 e. The number of nitrogens with zero attached hydrogens (tertiary/aromatic N) is 2. The molecule has 1 aliphatic heterocycles. The number of halogens is 1. The molecule has 0 radical (unpaired) electrons. The van der Waals surface area contributed by atoms with E-state index in [0.29, 0.717) is 25.5 Å². The zero-order valence-corrected chi connectivity index (χ0v) is 17.2. The van der Waals surface area contributed by atoms with Crippen molar-refractivity contribution in [3.8, 4) is 0 Å². The van der Waals surface area contributed by atoms with Crippen molar-refractivity contribution < 1.29 is 4.79 Å². The third-order valence-electron chi connectivity index (χ3n) is 7.01. The van der Waals surface area contributed by atoms with Gasteiger partial charge in [-0.05, 0) is 80.0 Å². The Kier molecular flexibility index (Phi) is 4.22. The molecule has 5 nitrogen and oxygen atoms in total. The van der Waals surface area contributed by atoms with Crippen molar-refractivity contribution in [1.82, 2.24) is 10.2 Å². The van der Waals surface area contributed by atoms with Gasteiger partial charge in [0.15, 0.2) is 5.96 Å². The molecule has 1 aromatic rings. The van der Waals surface area contributed by atoms with E-state index < -0.39 is 0 Å². The Hall–Kier alpha value is -1.56. The van der Waals surface area contributed by atoms with Gasteiger partial charge >= 0.3 is 0 Å². The molecule has 0 saturated heterocycles. The number of guanidine groups is 1. The van der Waals surface area contributed by atoms with Crippen LogP contribution in [0.15, 0.2) is 27.7 Å². The summed E-state index contributed by atoms with van der Waals surface area (Å²) in [4.78, 5) is 19.3. The molecule has 6 heteroatoms. The smallest absolute Gasteiger partial charge is 0.222 e. The SMILES string of the molecule is NC1=Nc2ccc(Br)cc2CN1CCC(=O)NC12CC3CC(CC(C3)C1)C2. The molecule has 4 fully saturated rings. The fourth-order valence-corrected chi connectivity index (χ4v) is 6.73. The molecule has 4 saturated carbocycles. The summed E-state index contributed by atoms with van der Waals surface area (Å²) >= 11 is 3.51. The number of fused-ring (bicyclic) bond motifs is 1. The van der Waals surface area contributed by atoms with E-state index in [-0.39, 0.29) is 11.4 Å². The second kappa shape index (κ2) is 6.50. The second-order valence-corrected chi connectivity index (χ2v) is 10.1. The monoisotopic (exact) mass is 430 g/mol. The summed E-state index contributed by atoms with van der Waals surface area (Å²) in [7, 11) is 0. The first-order chi connectivity index (χ1) is 13.0. The van der Waals surface area contributed by atoms with Gasteiger partial charge in [0, 0.05) is 29.5 Å². The average Bonchev–Trinajstić information content (AvgIpc) is 2.58. The van der Waals surface area contributed by atoms with Crippen molar-refractivity contribution in [2.24, 2.45) is 28.5 Å². The van der Waals surface area contributed by atoms with Gasteiger partial charge in [0.05, 0.1) is 5.69 Å². The lowest BCUT2D eigenvalue weighted by Gasteiger charge is -2.57. The Morgan fingerprint density at radius 2 is 1.89 bits per heavy atom. The number of hydrogen-bond donors (Lipinski definition) is 2. The van der Waals surface area contributed by atoms with Crippen molar-refractivity contribution in [3.05, 3.63) is 28.2 Å². The highest BCUT2D eigenvalue weighted by Crippen LogP contribution is 2.55. The van der Waals surface area contributed by atoms with Crippen LogP contribution in [0.1, 0.15) is 50.5 Å². The number of aliphatic imine (C=N–C) groups is 1. The molecule has 0 spiro atoms. The highest BCUT2D eigenvalue weighted by Gasteiger charge is 2.51. The second-order valence-electron chi connectivity index (χ2n) is 9.16. The molecule has 0 aromatic heterocycles. The van der Waals surface area contributed by atoms with Crippen molar-refractivity contribution in [3.63, 3.8) is 0 Å². The van der Waals surface area contributed by atoms with Crippen LogP contribution in [0.2, 0.25) is 0 Å². The molecule has 27 heavy (non-hydrogen) atoms. The molecule has 0 unspecified atom stereocenters. The number of amides is 1. The number of rotatable bonds is 4. The van der Waals surface area contributed by atoms with Gasteiger partial charge in [0.25, 0.3) is 0 Å². The van der Waals surface area contributed by atoms with Gasteiger partial charge in [-0.2, -0.15) is 0 Å². The molecule has 5 aliphatic rings. The van der Waals surface area contributed by atoms with Crippen LogP contribution < -0.4 is 11.1 Å². The van der Waals surface area contributed by atoms with Crippen LogP contribution in [0.4, 0.5) is 5.69 Å². The quantitative estimate of drug-likeness (QED) is 0.764. The van der Waals surface area contributed by atoms with Crippen molar-refractivity contribution in [2.75, 3.05) is 6.54 Å². The van der Waals surface area contributed by atoms with E-state index in [1.165, 1.54) is 38.5 Å². The van der Waals surface area contributed by atoms with Crippen molar-refractivity contribution in [2.45, 2.75) is 57.0 Å². The summed E-state index contributed by atoms with van der Waals surface area (Å²) in [5, 5.41) is 3.45. The van der Waals surface area contributed by atoms with Gasteiger partial charge in [0.2, 0.25) is 5.91 Å². The molecular formula is C21H27BrN4O. The largest absolute Gasteiger partial charge is 0.369 e. The highest BCUT2D eigenvalue weighted by atomic mass is 79.9. The van der Waals surface area contributed by atoms with E-state index in [9.17, 15) is 4.79 Å². The van der Waals surface area contributed by atoms with Gasteiger partial charge in [-0.15, -0.1) is 0 Å². The number of nitrogens with one attached hydrogen (secondary N) is 1. The first-order valence-corrected chi connectivity index (χ1v) is 11.0. The van der Waals surface area contributed by atoms with E-state index in [1.807, 2.05) is 17.0 Å². The van der Waals surface area contributed by atoms with Crippen LogP contribution in [-0.4, -0.2) is 28.9 Å². The van der Waals surface area contributed by atoms with Crippen molar-refractivity contribution >= 4 is 33.5 Å². The maximum atomic E-state index is 12.8. The predicted octanol–water partition coefficient (Wildman–Crippen LogP) is 3.69. The summed E-state index contributed by atoms with van der Waals surface area (Å²) in [5.41, 5.74) is 8.29. The number of carbonyl (C=O) groups excluding carboxylic acids is 1. The maximum absolute atomic E-state index is 12.8. The van der Waals surface area contributed by atoms with Crippen LogP contribution in [0, 0.1) is 17.8 Å². The van der Waals surface area contributed by atoms with Gasteiger partial charge < -0.3 is 16.0 Å². The number of hydrogen-bond acceptors (Lipinski definition) is 4. The lowest BCUT2D eigenvalue weighted by atomic mass is 9.53. The first-order valence-electron chi connectivity index (χ1n) is 10.2. The van der Waals surface area contributed by atoms with Gasteiger partial charge in [-0.1, -0.05) is 15.9 Å². The normalized spacial score (nSPS) is 33.6.